The molecule has 1 aromatic carbocycles. The van der Waals surface area contributed by atoms with Gasteiger partial charge in [-0.1, -0.05) is 0 Å². The zero-order valence-corrected chi connectivity index (χ0v) is 11.5. The van der Waals surface area contributed by atoms with Crippen molar-refractivity contribution in [3.05, 3.63) is 28.6 Å². The average molecular weight is 294 g/mol. The topological polar surface area (TPSA) is 76.5 Å². The first-order valence-corrected chi connectivity index (χ1v) is 6.84. The normalized spacial score (nSPS) is 19.1. The molecule has 1 amide bonds. The minimum absolute atomic E-state index is 0.282. The second-order valence-corrected chi connectivity index (χ2v) is 4.94. The molecule has 20 heavy (non-hydrogen) atoms. The lowest BCUT2D eigenvalue weighted by atomic mass is 10.2. The summed E-state index contributed by atoms with van der Waals surface area (Å²) in [5, 5.41) is 0. The zero-order valence-electron chi connectivity index (χ0n) is 10.7. The van der Waals surface area contributed by atoms with Crippen molar-refractivity contribution in [2.24, 2.45) is 0 Å². The molecule has 7 heteroatoms. The van der Waals surface area contributed by atoms with Crippen molar-refractivity contribution in [1.82, 2.24) is 10.5 Å². The van der Waals surface area contributed by atoms with E-state index >= 15 is 0 Å². The quantitative estimate of drug-likeness (QED) is 0.672. The lowest BCUT2D eigenvalue weighted by Crippen LogP contribution is -2.33. The minimum atomic E-state index is -0.368. The summed E-state index contributed by atoms with van der Waals surface area (Å²) >= 11 is 4.89. The number of hydroxylamine groups is 1. The average Bonchev–Trinajstić information content (AvgIpc) is 2.85. The van der Waals surface area contributed by atoms with Gasteiger partial charge >= 0.3 is 0 Å². The van der Waals surface area contributed by atoms with Gasteiger partial charge in [-0.05, 0) is 43.3 Å². The van der Waals surface area contributed by atoms with E-state index in [1.807, 2.05) is 0 Å². The molecule has 0 saturated carbocycles. The maximum atomic E-state index is 12.0. The lowest BCUT2D eigenvalue weighted by molar-refractivity contribution is -0.186. The van der Waals surface area contributed by atoms with Gasteiger partial charge < -0.3 is 14.1 Å². The largest absolute Gasteiger partial charge is 0.429 e. The van der Waals surface area contributed by atoms with Crippen LogP contribution in [0.3, 0.4) is 0 Å². The van der Waals surface area contributed by atoms with E-state index in [0.717, 1.165) is 24.8 Å². The van der Waals surface area contributed by atoms with E-state index in [4.69, 9.17) is 26.2 Å². The highest BCUT2D eigenvalue weighted by Gasteiger charge is 2.16. The third-order valence-corrected chi connectivity index (χ3v) is 3.29. The van der Waals surface area contributed by atoms with Crippen molar-refractivity contribution in [2.75, 3.05) is 6.61 Å². The Morgan fingerprint density at radius 1 is 1.45 bits per heavy atom. The molecule has 1 saturated heterocycles. The van der Waals surface area contributed by atoms with E-state index in [2.05, 4.69) is 10.5 Å². The number of hydrogen-bond donors (Lipinski definition) is 2. The monoisotopic (exact) mass is 294 g/mol. The van der Waals surface area contributed by atoms with Crippen molar-refractivity contribution >= 4 is 29.2 Å². The Bertz CT molecular complexity index is 672. The van der Waals surface area contributed by atoms with Gasteiger partial charge in [0.25, 0.3) is 10.7 Å². The molecule has 1 atom stereocenters. The molecule has 2 heterocycles. The van der Waals surface area contributed by atoms with Gasteiger partial charge in [-0.15, -0.1) is 0 Å². The van der Waals surface area contributed by atoms with E-state index in [9.17, 15) is 4.79 Å². The molecule has 1 aromatic heterocycles. The number of carbonyl (C=O) groups is 1. The van der Waals surface area contributed by atoms with Gasteiger partial charge in [0.2, 0.25) is 0 Å². The Hall–Kier alpha value is -1.70. The van der Waals surface area contributed by atoms with Crippen molar-refractivity contribution in [3.8, 4) is 0 Å². The summed E-state index contributed by atoms with van der Waals surface area (Å²) in [6, 6.07) is 5.02. The van der Waals surface area contributed by atoms with Crippen molar-refractivity contribution in [2.45, 2.75) is 25.6 Å². The van der Waals surface area contributed by atoms with Crippen molar-refractivity contribution in [1.29, 1.82) is 0 Å². The van der Waals surface area contributed by atoms with Crippen LogP contribution in [0.5, 0.6) is 0 Å². The van der Waals surface area contributed by atoms with Crippen LogP contribution in [0.25, 0.3) is 11.1 Å². The predicted octanol–water partition coefficient (Wildman–Crippen LogP) is 2.68. The van der Waals surface area contributed by atoms with E-state index in [-0.39, 0.29) is 17.0 Å². The van der Waals surface area contributed by atoms with Crippen molar-refractivity contribution in [3.63, 3.8) is 0 Å². The van der Waals surface area contributed by atoms with Gasteiger partial charge in [-0.25, -0.2) is 10.3 Å². The maximum absolute atomic E-state index is 12.0. The summed E-state index contributed by atoms with van der Waals surface area (Å²) < 4.78 is 10.6. The molecule has 1 aliphatic heterocycles. The first kappa shape index (κ1) is 13.3. The molecule has 1 unspecified atom stereocenters. The number of ether oxygens (including phenoxy) is 1. The number of fused-ring (bicyclic) bond motifs is 1. The summed E-state index contributed by atoms with van der Waals surface area (Å²) in [5.41, 5.74) is 4.13. The Morgan fingerprint density at radius 2 is 2.35 bits per heavy atom. The second-order valence-electron chi connectivity index (χ2n) is 4.57. The molecular formula is C13H14N2O4S. The highest BCUT2D eigenvalue weighted by molar-refractivity contribution is 7.71. The predicted molar refractivity (Wildman–Crippen MR) is 73.5 cm³/mol. The van der Waals surface area contributed by atoms with Crippen LogP contribution in [0, 0.1) is 4.84 Å². The van der Waals surface area contributed by atoms with Crippen LogP contribution in [0.2, 0.25) is 0 Å². The highest BCUT2D eigenvalue weighted by Crippen LogP contribution is 2.16. The molecule has 2 aromatic rings. The van der Waals surface area contributed by atoms with Crippen LogP contribution >= 0.6 is 12.2 Å². The van der Waals surface area contributed by atoms with E-state index < -0.39 is 0 Å². The Kier molecular flexibility index (Phi) is 3.81. The number of amides is 1. The molecule has 2 N–H and O–H groups in total. The number of benzene rings is 1. The van der Waals surface area contributed by atoms with Crippen LogP contribution < -0.4 is 5.48 Å². The lowest BCUT2D eigenvalue weighted by Gasteiger charge is -2.22. The molecule has 0 radical (unpaired) electrons. The maximum Gasteiger partial charge on any atom is 0.275 e. The standard InChI is InChI=1S/C13H14N2O4S/c16-12(15-19-11-3-1-2-6-17-11)8-4-5-9-10(7-8)18-13(20)14-9/h4-5,7,11H,1-3,6H2,(H,14,20)(H,15,16). The van der Waals surface area contributed by atoms with Crippen LogP contribution in [-0.2, 0) is 9.57 Å². The van der Waals surface area contributed by atoms with Crippen LogP contribution in [-0.4, -0.2) is 23.8 Å². The fourth-order valence-electron chi connectivity index (χ4n) is 2.07. The Balaban J connectivity index is 1.66. The first-order valence-electron chi connectivity index (χ1n) is 6.43. The van der Waals surface area contributed by atoms with Gasteiger partial charge in [-0.3, -0.25) is 4.79 Å². The van der Waals surface area contributed by atoms with Crippen LogP contribution in [0.1, 0.15) is 29.6 Å². The Morgan fingerprint density at radius 3 is 3.15 bits per heavy atom. The van der Waals surface area contributed by atoms with Gasteiger partial charge in [0.15, 0.2) is 11.9 Å². The van der Waals surface area contributed by atoms with Crippen molar-refractivity contribution < 1.29 is 18.8 Å². The minimum Gasteiger partial charge on any atom is -0.429 e. The number of hydrogen-bond acceptors (Lipinski definition) is 5. The molecule has 0 spiro atoms. The second kappa shape index (κ2) is 5.74. The van der Waals surface area contributed by atoms with Gasteiger partial charge in [-0.2, -0.15) is 0 Å². The molecule has 3 rings (SSSR count). The third-order valence-electron chi connectivity index (χ3n) is 3.10. The molecular weight excluding hydrogens is 280 g/mol. The first-order chi connectivity index (χ1) is 9.72. The van der Waals surface area contributed by atoms with Gasteiger partial charge in [0, 0.05) is 18.6 Å². The summed E-state index contributed by atoms with van der Waals surface area (Å²) in [7, 11) is 0. The SMILES string of the molecule is O=C(NOC1CCCCO1)c1ccc2[nH]c(=S)oc2c1. The number of aromatic nitrogens is 1. The molecule has 1 aliphatic rings. The van der Waals surface area contributed by atoms with Crippen LogP contribution in [0.15, 0.2) is 22.6 Å². The smallest absolute Gasteiger partial charge is 0.275 e. The number of rotatable bonds is 3. The number of aromatic amines is 1. The number of oxazole rings is 1. The molecule has 106 valence electrons. The number of H-pyrrole nitrogens is 1. The molecule has 6 nitrogen and oxygen atoms in total. The highest BCUT2D eigenvalue weighted by atomic mass is 32.1. The molecule has 0 bridgehead atoms. The Labute approximate surface area is 120 Å². The molecule has 1 fully saturated rings. The van der Waals surface area contributed by atoms with E-state index in [0.29, 0.717) is 17.8 Å². The number of carbonyl (C=O) groups excluding carboxylic acids is 1. The number of nitrogens with one attached hydrogen (secondary N) is 2. The summed E-state index contributed by atoms with van der Waals surface area (Å²) in [6.45, 7) is 0.663. The summed E-state index contributed by atoms with van der Waals surface area (Å²) in [5.74, 6) is -0.344. The zero-order chi connectivity index (χ0) is 13.9. The molecule has 0 aliphatic carbocycles. The fourth-order valence-corrected chi connectivity index (χ4v) is 2.27. The summed E-state index contributed by atoms with van der Waals surface area (Å²) in [6.07, 6.45) is 2.48. The van der Waals surface area contributed by atoms with E-state index in [1.54, 1.807) is 18.2 Å². The van der Waals surface area contributed by atoms with Gasteiger partial charge in [0.05, 0.1) is 5.52 Å². The fraction of sp³-hybridized carbons (Fsp3) is 0.385. The van der Waals surface area contributed by atoms with E-state index in [1.165, 1.54) is 0 Å². The van der Waals surface area contributed by atoms with Gasteiger partial charge in [0.1, 0.15) is 0 Å². The third kappa shape index (κ3) is 2.90. The summed E-state index contributed by atoms with van der Waals surface area (Å²) in [4.78, 5) is 20.4. The van der Waals surface area contributed by atoms with Crippen LogP contribution in [0.4, 0.5) is 0 Å².